The number of aryl methyl sites for hydroxylation is 1. The van der Waals surface area contributed by atoms with Crippen LogP contribution in [0.15, 0.2) is 36.1 Å². The molecule has 8 heteroatoms. The van der Waals surface area contributed by atoms with Gasteiger partial charge in [0, 0.05) is 36.6 Å². The van der Waals surface area contributed by atoms with Gasteiger partial charge in [0.15, 0.2) is 5.82 Å². The van der Waals surface area contributed by atoms with E-state index in [1.54, 1.807) is 11.5 Å². The maximum Gasteiger partial charge on any atom is 0.152 e. The van der Waals surface area contributed by atoms with E-state index in [4.69, 9.17) is 10.5 Å². The van der Waals surface area contributed by atoms with Gasteiger partial charge < -0.3 is 30.6 Å². The van der Waals surface area contributed by atoms with Crippen molar-refractivity contribution in [2.45, 2.75) is 64.0 Å². The molecule has 0 spiro atoms. The molecular formula is C24H31FN4O3. The van der Waals surface area contributed by atoms with Crippen molar-refractivity contribution in [1.29, 1.82) is 0 Å². The third kappa shape index (κ3) is 3.94. The number of aromatic nitrogens is 1. The van der Waals surface area contributed by atoms with E-state index in [9.17, 15) is 14.6 Å². The minimum atomic E-state index is -1.11. The molecule has 2 aromatic rings. The van der Waals surface area contributed by atoms with Gasteiger partial charge in [0.25, 0.3) is 0 Å². The molecule has 2 heterocycles. The zero-order valence-electron chi connectivity index (χ0n) is 18.5. The van der Waals surface area contributed by atoms with Crippen molar-refractivity contribution >= 4 is 5.84 Å². The maximum atomic E-state index is 14.6. The number of fused-ring (bicyclic) bond motifs is 1. The SMILES string of the molecule is C=C/N=C(/N)c1c(F)cn(C2CC(Oc3cc(CC)cc4c3CNCC4)[C@@H](O)[C@H]2O)c1C. The summed E-state index contributed by atoms with van der Waals surface area (Å²) in [6, 6.07) is 3.68. The van der Waals surface area contributed by atoms with Gasteiger partial charge in [0.05, 0.1) is 11.6 Å². The number of nitrogens with two attached hydrogens (primary N) is 1. The number of hydrogen-bond donors (Lipinski definition) is 4. The maximum absolute atomic E-state index is 14.6. The standard InChI is InChI=1S/C24H31FN4O3/c1-4-14-8-15-6-7-27-11-16(15)19(9-14)32-20-10-18(22(30)23(20)31)29-12-17(25)21(13(29)3)24(26)28-5-2/h5,8-9,12,18,20,22-23,27,30-31H,2,4,6-7,10-11H2,1,3H3,(H2,26,28)/t18?,20?,22-,23+/m0/s1. The predicted octanol–water partition coefficient (Wildman–Crippen LogP) is 2.11. The molecule has 0 bridgehead atoms. The molecule has 1 aromatic heterocycles. The number of aliphatic hydroxyl groups excluding tert-OH is 2. The fourth-order valence-electron chi connectivity index (χ4n) is 4.86. The number of ether oxygens (including phenoxy) is 1. The van der Waals surface area contributed by atoms with Crippen LogP contribution in [0.1, 0.15) is 47.3 Å². The lowest BCUT2D eigenvalue weighted by Crippen LogP contribution is -2.35. The molecule has 0 radical (unpaired) electrons. The highest BCUT2D eigenvalue weighted by Crippen LogP contribution is 2.38. The highest BCUT2D eigenvalue weighted by molar-refractivity contribution is 5.99. The van der Waals surface area contributed by atoms with Gasteiger partial charge in [0.1, 0.15) is 29.9 Å². The highest BCUT2D eigenvalue weighted by atomic mass is 19.1. The first-order valence-corrected chi connectivity index (χ1v) is 11.0. The zero-order valence-corrected chi connectivity index (χ0v) is 18.5. The fraction of sp³-hybridized carbons (Fsp3) is 0.458. The first-order valence-electron chi connectivity index (χ1n) is 11.0. The van der Waals surface area contributed by atoms with Crippen LogP contribution in [0.5, 0.6) is 5.75 Å². The average molecular weight is 443 g/mol. The summed E-state index contributed by atoms with van der Waals surface area (Å²) >= 11 is 0. The third-order valence-electron chi connectivity index (χ3n) is 6.60. The molecule has 172 valence electrons. The molecule has 2 unspecified atom stereocenters. The zero-order chi connectivity index (χ0) is 23.0. The summed E-state index contributed by atoms with van der Waals surface area (Å²) in [5.74, 6) is 0.222. The van der Waals surface area contributed by atoms with Crippen LogP contribution in [0.4, 0.5) is 4.39 Å². The molecule has 0 amide bonds. The quantitative estimate of drug-likeness (QED) is 0.405. The number of nitrogens with one attached hydrogen (secondary N) is 1. The van der Waals surface area contributed by atoms with E-state index < -0.39 is 30.2 Å². The molecule has 1 fully saturated rings. The summed E-state index contributed by atoms with van der Waals surface area (Å²) in [7, 11) is 0. The van der Waals surface area contributed by atoms with Crippen LogP contribution in [-0.2, 0) is 19.4 Å². The minimum absolute atomic E-state index is 0.0186. The second kappa shape index (κ2) is 9.05. The lowest BCUT2D eigenvalue weighted by atomic mass is 9.96. The van der Waals surface area contributed by atoms with Crippen molar-refractivity contribution in [2.75, 3.05) is 6.54 Å². The summed E-state index contributed by atoms with van der Waals surface area (Å²) in [5, 5.41) is 25.0. The number of halogens is 1. The lowest BCUT2D eigenvalue weighted by Gasteiger charge is -2.25. The Kier molecular flexibility index (Phi) is 6.37. The van der Waals surface area contributed by atoms with E-state index in [-0.39, 0.29) is 11.4 Å². The molecule has 4 atom stereocenters. The van der Waals surface area contributed by atoms with E-state index >= 15 is 0 Å². The van der Waals surface area contributed by atoms with Crippen LogP contribution in [0.25, 0.3) is 0 Å². The Bertz CT molecular complexity index is 1050. The molecular weight excluding hydrogens is 411 g/mol. The van der Waals surface area contributed by atoms with E-state index in [2.05, 4.69) is 29.9 Å². The smallest absolute Gasteiger partial charge is 0.152 e. The molecule has 0 saturated heterocycles. The van der Waals surface area contributed by atoms with Gasteiger partial charge in [-0.15, -0.1) is 0 Å². The van der Waals surface area contributed by atoms with E-state index in [1.165, 1.54) is 23.5 Å². The summed E-state index contributed by atoms with van der Waals surface area (Å²) in [6.07, 6.45) is 1.84. The Labute approximate surface area is 187 Å². The summed E-state index contributed by atoms with van der Waals surface area (Å²) < 4.78 is 22.6. The van der Waals surface area contributed by atoms with Crippen LogP contribution >= 0.6 is 0 Å². The molecule has 1 saturated carbocycles. The van der Waals surface area contributed by atoms with Crippen molar-refractivity contribution in [1.82, 2.24) is 9.88 Å². The van der Waals surface area contributed by atoms with Gasteiger partial charge >= 0.3 is 0 Å². The van der Waals surface area contributed by atoms with Crippen LogP contribution in [-0.4, -0.2) is 45.5 Å². The van der Waals surface area contributed by atoms with E-state index in [1.807, 2.05) is 6.07 Å². The van der Waals surface area contributed by atoms with Gasteiger partial charge in [-0.25, -0.2) is 9.38 Å². The van der Waals surface area contributed by atoms with E-state index in [0.29, 0.717) is 18.7 Å². The van der Waals surface area contributed by atoms with Crippen molar-refractivity contribution < 1.29 is 19.3 Å². The number of nitrogens with zero attached hydrogens (tertiary/aromatic N) is 2. The van der Waals surface area contributed by atoms with Crippen LogP contribution in [0.3, 0.4) is 0 Å². The summed E-state index contributed by atoms with van der Waals surface area (Å²) in [5.41, 5.74) is 10.1. The van der Waals surface area contributed by atoms with Crippen molar-refractivity contribution in [3.05, 3.63) is 64.9 Å². The summed E-state index contributed by atoms with van der Waals surface area (Å²) in [4.78, 5) is 3.88. The number of benzene rings is 1. The summed E-state index contributed by atoms with van der Waals surface area (Å²) in [6.45, 7) is 8.93. The molecule has 1 aromatic carbocycles. The minimum Gasteiger partial charge on any atom is -0.487 e. The molecule has 7 nitrogen and oxygen atoms in total. The predicted molar refractivity (Wildman–Crippen MR) is 121 cm³/mol. The molecule has 2 aliphatic rings. The van der Waals surface area contributed by atoms with Crippen LogP contribution in [0.2, 0.25) is 0 Å². The normalized spacial score (nSPS) is 25.6. The number of aliphatic hydroxyl groups is 2. The number of hydrogen-bond acceptors (Lipinski definition) is 5. The number of aliphatic imine (C=N–C) groups is 1. The monoisotopic (exact) mass is 442 g/mol. The van der Waals surface area contributed by atoms with Gasteiger partial charge in [-0.05, 0) is 43.5 Å². The Hall–Kier alpha value is -2.68. The first kappa shape index (κ1) is 22.5. The third-order valence-corrected chi connectivity index (χ3v) is 6.60. The van der Waals surface area contributed by atoms with Crippen molar-refractivity contribution in [3.8, 4) is 5.75 Å². The first-order chi connectivity index (χ1) is 15.3. The van der Waals surface area contributed by atoms with Gasteiger partial charge in [-0.3, -0.25) is 0 Å². The number of rotatable bonds is 6. The molecule has 4 rings (SSSR count). The van der Waals surface area contributed by atoms with Crippen molar-refractivity contribution in [3.63, 3.8) is 0 Å². The Morgan fingerprint density at radius 2 is 2.19 bits per heavy atom. The van der Waals surface area contributed by atoms with Gasteiger partial charge in [-0.2, -0.15) is 0 Å². The fourth-order valence-corrected chi connectivity index (χ4v) is 4.86. The second-order valence-electron chi connectivity index (χ2n) is 8.49. The molecule has 1 aliphatic heterocycles. The van der Waals surface area contributed by atoms with Gasteiger partial charge in [0.2, 0.25) is 0 Å². The largest absolute Gasteiger partial charge is 0.487 e. The Balaban J connectivity index is 1.62. The van der Waals surface area contributed by atoms with E-state index in [0.717, 1.165) is 30.7 Å². The highest BCUT2D eigenvalue weighted by Gasteiger charge is 2.45. The number of amidine groups is 1. The molecule has 5 N–H and O–H groups in total. The van der Waals surface area contributed by atoms with Crippen LogP contribution < -0.4 is 15.8 Å². The van der Waals surface area contributed by atoms with Crippen molar-refractivity contribution in [2.24, 2.45) is 10.7 Å². The Morgan fingerprint density at radius 3 is 2.91 bits per heavy atom. The van der Waals surface area contributed by atoms with Gasteiger partial charge in [-0.1, -0.05) is 19.6 Å². The topological polar surface area (TPSA) is 105 Å². The average Bonchev–Trinajstić information content (AvgIpc) is 3.23. The van der Waals surface area contributed by atoms with Crippen LogP contribution in [0, 0.1) is 12.7 Å². The lowest BCUT2D eigenvalue weighted by molar-refractivity contribution is -0.0170. The molecule has 32 heavy (non-hydrogen) atoms. The molecule has 1 aliphatic carbocycles. The Morgan fingerprint density at radius 1 is 1.41 bits per heavy atom. The second-order valence-corrected chi connectivity index (χ2v) is 8.49.